The summed E-state index contributed by atoms with van der Waals surface area (Å²) in [7, 11) is 0. The first-order valence-corrected chi connectivity index (χ1v) is 4.22. The summed E-state index contributed by atoms with van der Waals surface area (Å²) in [6.07, 6.45) is -8.50. The molecule has 0 radical (unpaired) electrons. The fourth-order valence-corrected chi connectivity index (χ4v) is 0.925. The quantitative estimate of drug-likeness (QED) is 0.347. The first kappa shape index (κ1) is 13.5. The lowest BCUT2D eigenvalue weighted by Crippen LogP contribution is -2.49. The van der Waals surface area contributed by atoms with Gasteiger partial charge in [0.25, 0.3) is 0 Å². The predicted octanol–water partition coefficient (Wildman–Crippen LogP) is -2.56. The molecule has 0 unspecified atom stereocenters. The van der Waals surface area contributed by atoms with Crippen molar-refractivity contribution in [2.75, 3.05) is 0 Å². The van der Waals surface area contributed by atoms with E-state index >= 15 is 0 Å². The van der Waals surface area contributed by atoms with Gasteiger partial charge in [0.15, 0.2) is 12.2 Å². The first-order chi connectivity index (χ1) is 6.29. The predicted molar refractivity (Wildman–Crippen MR) is 45.6 cm³/mol. The molecule has 0 fully saturated rings. The summed E-state index contributed by atoms with van der Waals surface area (Å²) in [6, 6.07) is 0. The molecule has 82 valence electrons. The van der Waals surface area contributed by atoms with Crippen molar-refractivity contribution >= 4 is 26.6 Å². The maximum Gasteiger partial charge on any atom is 0.335 e. The molecule has 4 atom stereocenters. The van der Waals surface area contributed by atoms with Crippen molar-refractivity contribution in [2.45, 2.75) is 24.4 Å². The van der Waals surface area contributed by atoms with Crippen LogP contribution in [-0.4, -0.2) is 60.6 Å². The molecule has 0 spiro atoms. The molecule has 0 aromatic heterocycles. The molecule has 5 N–H and O–H groups in total. The lowest BCUT2D eigenvalue weighted by molar-refractivity contribution is -0.164. The molecular formula is C6H9BrO7. The maximum absolute atomic E-state index is 10.4. The Morgan fingerprint density at radius 1 is 0.929 bits per heavy atom. The van der Waals surface area contributed by atoms with Crippen molar-refractivity contribution in [1.29, 1.82) is 0 Å². The van der Waals surface area contributed by atoms with E-state index in [9.17, 15) is 9.59 Å². The average Bonchev–Trinajstić information content (AvgIpc) is 2.12. The number of halogens is 1. The summed E-state index contributed by atoms with van der Waals surface area (Å²) < 4.78 is -1.03. The van der Waals surface area contributed by atoms with Gasteiger partial charge in [-0.2, -0.15) is 0 Å². The molecule has 0 bridgehead atoms. The summed E-state index contributed by atoms with van der Waals surface area (Å²) in [5.41, 5.74) is 0. The highest BCUT2D eigenvalue weighted by Gasteiger charge is 2.36. The van der Waals surface area contributed by atoms with Gasteiger partial charge >= 0.3 is 5.97 Å². The van der Waals surface area contributed by atoms with E-state index in [-0.39, 0.29) is 0 Å². The molecule has 14 heavy (non-hydrogen) atoms. The maximum atomic E-state index is 10.4. The zero-order chi connectivity index (χ0) is 11.5. The number of hydrogen-bond acceptors (Lipinski definition) is 6. The molecular weight excluding hydrogens is 264 g/mol. The van der Waals surface area contributed by atoms with E-state index < -0.39 is 35.1 Å². The number of rotatable bonds is 5. The van der Waals surface area contributed by atoms with Gasteiger partial charge in [-0.05, 0) is 15.9 Å². The van der Waals surface area contributed by atoms with Crippen LogP contribution in [0.5, 0.6) is 0 Å². The second kappa shape index (κ2) is 5.37. The van der Waals surface area contributed by atoms with Crippen LogP contribution in [0.15, 0.2) is 0 Å². The largest absolute Gasteiger partial charge is 0.479 e. The average molecular weight is 273 g/mol. The lowest BCUT2D eigenvalue weighted by Gasteiger charge is -2.22. The Labute approximate surface area is 86.7 Å². The molecule has 8 heteroatoms. The molecule has 0 rings (SSSR count). The number of aliphatic hydroxyl groups excluding tert-OH is 4. The monoisotopic (exact) mass is 272 g/mol. The van der Waals surface area contributed by atoms with Crippen LogP contribution in [0.4, 0.5) is 0 Å². The molecule has 0 saturated carbocycles. The fraction of sp³-hybridized carbons (Fsp3) is 0.667. The van der Waals surface area contributed by atoms with Crippen molar-refractivity contribution in [3.63, 3.8) is 0 Å². The molecule has 0 aliphatic carbocycles. The van der Waals surface area contributed by atoms with E-state index in [1.807, 2.05) is 0 Å². The molecule has 0 aliphatic heterocycles. The number of carboxylic acids is 1. The highest BCUT2D eigenvalue weighted by molar-refractivity contribution is 9.18. The molecule has 0 aliphatic rings. The topological polar surface area (TPSA) is 135 Å². The van der Waals surface area contributed by atoms with Crippen molar-refractivity contribution < 1.29 is 35.1 Å². The first-order valence-electron chi connectivity index (χ1n) is 3.43. The normalized spacial score (nSPS) is 19.5. The Hall–Kier alpha value is -0.540. The molecule has 0 aromatic rings. The van der Waals surface area contributed by atoms with Crippen LogP contribution in [0.1, 0.15) is 0 Å². The van der Waals surface area contributed by atoms with E-state index in [2.05, 4.69) is 15.9 Å². The summed E-state index contributed by atoms with van der Waals surface area (Å²) in [5.74, 6) is -1.77. The lowest BCUT2D eigenvalue weighted by atomic mass is 10.0. The van der Waals surface area contributed by atoms with Gasteiger partial charge in [0.1, 0.15) is 12.2 Å². The number of carbonyl (C=O) groups excluding carboxylic acids is 1. The van der Waals surface area contributed by atoms with E-state index in [0.717, 1.165) is 0 Å². The van der Waals surface area contributed by atoms with Crippen LogP contribution in [0.2, 0.25) is 0 Å². The number of carbonyl (C=O) groups is 2. The minimum Gasteiger partial charge on any atom is -0.479 e. The van der Waals surface area contributed by atoms with Gasteiger partial charge in [-0.3, -0.25) is 4.79 Å². The van der Waals surface area contributed by atoms with Crippen LogP contribution >= 0.6 is 15.9 Å². The number of aliphatic carboxylic acids is 1. The Kier molecular flexibility index (Phi) is 5.16. The van der Waals surface area contributed by atoms with Gasteiger partial charge in [0.05, 0.1) is 0 Å². The smallest absolute Gasteiger partial charge is 0.335 e. The second-order valence-electron chi connectivity index (χ2n) is 2.51. The van der Waals surface area contributed by atoms with Crippen LogP contribution < -0.4 is 0 Å². The number of aliphatic hydroxyl groups is 4. The third kappa shape index (κ3) is 3.31. The number of carboxylic acid groups (broad SMARTS) is 1. The highest BCUT2D eigenvalue weighted by atomic mass is 79.9. The minimum atomic E-state index is -2.27. The Morgan fingerprint density at radius 3 is 1.57 bits per heavy atom. The molecule has 0 heterocycles. The van der Waals surface area contributed by atoms with Gasteiger partial charge in [-0.15, -0.1) is 0 Å². The zero-order valence-corrected chi connectivity index (χ0v) is 8.33. The molecule has 0 saturated heterocycles. The molecule has 0 aromatic carbocycles. The Balaban J connectivity index is 4.45. The Bertz CT molecular complexity index is 206. The summed E-state index contributed by atoms with van der Waals surface area (Å²) in [4.78, 5) is 20.6. The Morgan fingerprint density at radius 2 is 1.29 bits per heavy atom. The van der Waals surface area contributed by atoms with Crippen molar-refractivity contribution in [2.24, 2.45) is 0 Å². The van der Waals surface area contributed by atoms with Crippen LogP contribution in [0.25, 0.3) is 0 Å². The SMILES string of the molecule is O=C(O)[C@@H](O)[C@@H](O)[C@H](O)[C@@H](O)C(=O)Br. The van der Waals surface area contributed by atoms with E-state index in [1.54, 1.807) is 0 Å². The summed E-state index contributed by atoms with van der Waals surface area (Å²) >= 11 is 2.31. The van der Waals surface area contributed by atoms with Gasteiger partial charge in [-0.1, -0.05) is 0 Å². The van der Waals surface area contributed by atoms with Gasteiger partial charge in [0, 0.05) is 0 Å². The number of hydrogen-bond donors (Lipinski definition) is 5. The van der Waals surface area contributed by atoms with Crippen LogP contribution in [-0.2, 0) is 9.59 Å². The second-order valence-corrected chi connectivity index (χ2v) is 3.29. The third-order valence-electron chi connectivity index (χ3n) is 1.48. The van der Waals surface area contributed by atoms with Gasteiger partial charge < -0.3 is 25.5 Å². The molecule has 0 amide bonds. The minimum absolute atomic E-state index is 1.03. The molecule has 7 nitrogen and oxygen atoms in total. The summed E-state index contributed by atoms with van der Waals surface area (Å²) in [6.45, 7) is 0. The van der Waals surface area contributed by atoms with Crippen molar-refractivity contribution in [3.8, 4) is 0 Å². The standard InChI is InChI=1S/C6H9BrO7/c7-5(12)3(10)1(8)2(9)4(11)6(13)14/h1-4,8-11H,(H,13,14)/t1-,2-,3+,4-/m0/s1. The van der Waals surface area contributed by atoms with E-state index in [1.165, 1.54) is 0 Å². The third-order valence-corrected chi connectivity index (χ3v) is 1.95. The fourth-order valence-electron chi connectivity index (χ4n) is 0.654. The van der Waals surface area contributed by atoms with Crippen LogP contribution in [0, 0.1) is 0 Å². The van der Waals surface area contributed by atoms with Crippen molar-refractivity contribution in [1.82, 2.24) is 0 Å². The highest BCUT2D eigenvalue weighted by Crippen LogP contribution is 2.08. The van der Waals surface area contributed by atoms with Gasteiger partial charge in [0.2, 0.25) is 4.69 Å². The van der Waals surface area contributed by atoms with Gasteiger partial charge in [-0.25, -0.2) is 4.79 Å². The zero-order valence-electron chi connectivity index (χ0n) is 6.74. The van der Waals surface area contributed by atoms with E-state index in [0.29, 0.717) is 0 Å². The van der Waals surface area contributed by atoms with E-state index in [4.69, 9.17) is 25.5 Å². The van der Waals surface area contributed by atoms with Crippen molar-refractivity contribution in [3.05, 3.63) is 0 Å². The van der Waals surface area contributed by atoms with Crippen LogP contribution in [0.3, 0.4) is 0 Å². The summed E-state index contributed by atoms with van der Waals surface area (Å²) in [5, 5.41) is 43.8.